The van der Waals surface area contributed by atoms with E-state index in [9.17, 15) is 9.50 Å². The molecule has 1 heterocycles. The Labute approximate surface area is 115 Å². The van der Waals surface area contributed by atoms with Gasteiger partial charge in [0, 0.05) is 18.7 Å². The van der Waals surface area contributed by atoms with Crippen LogP contribution in [0.4, 0.5) is 10.1 Å². The van der Waals surface area contributed by atoms with Gasteiger partial charge in [-0.05, 0) is 30.7 Å². The first-order chi connectivity index (χ1) is 8.80. The van der Waals surface area contributed by atoms with E-state index in [1.54, 1.807) is 13.0 Å². The van der Waals surface area contributed by atoms with Gasteiger partial charge in [-0.25, -0.2) is 4.39 Å². The highest BCUT2D eigenvalue weighted by Gasteiger charge is 2.33. The molecule has 1 saturated heterocycles. The SMILES string of the molecule is C[C@H](O)c1cccc(F)c1N1CCC(C(C)(C)C)C1. The van der Waals surface area contributed by atoms with E-state index in [0.29, 0.717) is 17.2 Å². The van der Waals surface area contributed by atoms with Crippen molar-refractivity contribution >= 4 is 5.69 Å². The van der Waals surface area contributed by atoms with E-state index in [2.05, 4.69) is 25.7 Å². The number of hydrogen-bond donors (Lipinski definition) is 1. The Balaban J connectivity index is 2.29. The van der Waals surface area contributed by atoms with Crippen LogP contribution in [-0.4, -0.2) is 18.2 Å². The summed E-state index contributed by atoms with van der Waals surface area (Å²) in [4.78, 5) is 2.09. The molecule has 1 aromatic rings. The van der Waals surface area contributed by atoms with E-state index in [0.717, 1.165) is 19.5 Å². The van der Waals surface area contributed by atoms with Gasteiger partial charge in [0.25, 0.3) is 0 Å². The van der Waals surface area contributed by atoms with Crippen molar-refractivity contribution in [3.8, 4) is 0 Å². The van der Waals surface area contributed by atoms with Crippen LogP contribution in [0.15, 0.2) is 18.2 Å². The van der Waals surface area contributed by atoms with Crippen LogP contribution < -0.4 is 4.90 Å². The average molecular weight is 265 g/mol. The van der Waals surface area contributed by atoms with Crippen LogP contribution in [0.1, 0.15) is 45.8 Å². The van der Waals surface area contributed by atoms with Gasteiger partial charge in [-0.15, -0.1) is 0 Å². The molecule has 1 aliphatic rings. The summed E-state index contributed by atoms with van der Waals surface area (Å²) in [6, 6.07) is 4.96. The number of benzene rings is 1. The molecule has 0 amide bonds. The lowest BCUT2D eigenvalue weighted by molar-refractivity contribution is 0.199. The fourth-order valence-corrected chi connectivity index (χ4v) is 2.87. The summed E-state index contributed by atoms with van der Waals surface area (Å²) in [5, 5.41) is 9.82. The van der Waals surface area contributed by atoms with E-state index in [-0.39, 0.29) is 11.2 Å². The van der Waals surface area contributed by atoms with Gasteiger partial charge in [0.05, 0.1) is 11.8 Å². The van der Waals surface area contributed by atoms with Crippen LogP contribution in [0.5, 0.6) is 0 Å². The lowest BCUT2D eigenvalue weighted by Gasteiger charge is -2.28. The third kappa shape index (κ3) is 2.92. The number of hydrogen-bond acceptors (Lipinski definition) is 2. The number of aliphatic hydroxyl groups excluding tert-OH is 1. The zero-order valence-corrected chi connectivity index (χ0v) is 12.3. The minimum Gasteiger partial charge on any atom is -0.389 e. The molecular weight excluding hydrogens is 241 g/mol. The first kappa shape index (κ1) is 14.3. The average Bonchev–Trinajstić information content (AvgIpc) is 2.77. The van der Waals surface area contributed by atoms with Gasteiger partial charge >= 0.3 is 0 Å². The summed E-state index contributed by atoms with van der Waals surface area (Å²) < 4.78 is 14.1. The molecule has 1 fully saturated rings. The Morgan fingerprint density at radius 2 is 2.05 bits per heavy atom. The molecule has 2 rings (SSSR count). The minimum atomic E-state index is -0.639. The fourth-order valence-electron chi connectivity index (χ4n) is 2.87. The molecule has 2 nitrogen and oxygen atoms in total. The quantitative estimate of drug-likeness (QED) is 0.880. The first-order valence-electron chi connectivity index (χ1n) is 7.02. The summed E-state index contributed by atoms with van der Waals surface area (Å²) in [5.41, 5.74) is 1.52. The normalized spacial score (nSPS) is 21.8. The van der Waals surface area contributed by atoms with Gasteiger partial charge in [-0.2, -0.15) is 0 Å². The maximum absolute atomic E-state index is 14.1. The van der Waals surface area contributed by atoms with Crippen molar-refractivity contribution in [1.29, 1.82) is 0 Å². The van der Waals surface area contributed by atoms with Gasteiger partial charge in [0.1, 0.15) is 5.82 Å². The van der Waals surface area contributed by atoms with Crippen molar-refractivity contribution in [2.45, 2.75) is 40.2 Å². The highest BCUT2D eigenvalue weighted by atomic mass is 19.1. The monoisotopic (exact) mass is 265 g/mol. The van der Waals surface area contributed by atoms with Crippen molar-refractivity contribution in [1.82, 2.24) is 0 Å². The highest BCUT2D eigenvalue weighted by molar-refractivity contribution is 5.56. The summed E-state index contributed by atoms with van der Waals surface area (Å²) in [5.74, 6) is 0.335. The van der Waals surface area contributed by atoms with E-state index >= 15 is 0 Å². The standard InChI is InChI=1S/C16H24FNO/c1-11(19)13-6-5-7-14(17)15(13)18-9-8-12(10-18)16(2,3)4/h5-7,11-12,19H,8-10H2,1-4H3/t11-,12?/m0/s1. The third-order valence-electron chi connectivity index (χ3n) is 4.20. The summed E-state index contributed by atoms with van der Waals surface area (Å²) in [6.07, 6.45) is 0.441. The lowest BCUT2D eigenvalue weighted by Crippen LogP contribution is -2.27. The Morgan fingerprint density at radius 3 is 2.58 bits per heavy atom. The molecule has 1 aliphatic heterocycles. The van der Waals surface area contributed by atoms with Crippen LogP contribution in [0.2, 0.25) is 0 Å². The Morgan fingerprint density at radius 1 is 1.37 bits per heavy atom. The van der Waals surface area contributed by atoms with Gasteiger partial charge in [0.15, 0.2) is 0 Å². The summed E-state index contributed by atoms with van der Waals surface area (Å²) >= 11 is 0. The topological polar surface area (TPSA) is 23.5 Å². The molecule has 0 bridgehead atoms. The summed E-state index contributed by atoms with van der Waals surface area (Å²) in [6.45, 7) is 10.1. The van der Waals surface area contributed by atoms with Crippen molar-refractivity contribution < 1.29 is 9.50 Å². The van der Waals surface area contributed by atoms with E-state index in [1.165, 1.54) is 6.07 Å². The largest absolute Gasteiger partial charge is 0.389 e. The third-order valence-corrected chi connectivity index (χ3v) is 4.20. The molecule has 0 spiro atoms. The Kier molecular flexibility index (Phi) is 3.86. The first-order valence-corrected chi connectivity index (χ1v) is 7.02. The van der Waals surface area contributed by atoms with Crippen LogP contribution in [-0.2, 0) is 0 Å². The molecule has 2 atom stereocenters. The van der Waals surface area contributed by atoms with Crippen molar-refractivity contribution in [3.63, 3.8) is 0 Å². The smallest absolute Gasteiger partial charge is 0.146 e. The van der Waals surface area contributed by atoms with Gasteiger partial charge in [-0.1, -0.05) is 32.9 Å². The number of aliphatic hydroxyl groups is 1. The number of halogens is 1. The molecule has 1 aromatic carbocycles. The van der Waals surface area contributed by atoms with E-state index in [4.69, 9.17) is 0 Å². The zero-order chi connectivity index (χ0) is 14.2. The predicted octanol–water partition coefficient (Wildman–Crippen LogP) is 3.75. The fraction of sp³-hybridized carbons (Fsp3) is 0.625. The molecule has 1 N–H and O–H groups in total. The number of anilines is 1. The van der Waals surface area contributed by atoms with Crippen molar-refractivity contribution in [2.75, 3.05) is 18.0 Å². The van der Waals surface area contributed by atoms with E-state index < -0.39 is 6.10 Å². The minimum absolute atomic E-state index is 0.229. The van der Waals surface area contributed by atoms with Crippen LogP contribution in [0.3, 0.4) is 0 Å². The van der Waals surface area contributed by atoms with Crippen molar-refractivity contribution in [2.24, 2.45) is 11.3 Å². The van der Waals surface area contributed by atoms with Crippen LogP contribution in [0.25, 0.3) is 0 Å². The van der Waals surface area contributed by atoms with Crippen molar-refractivity contribution in [3.05, 3.63) is 29.6 Å². The second kappa shape index (κ2) is 5.12. The van der Waals surface area contributed by atoms with Gasteiger partial charge in [0.2, 0.25) is 0 Å². The molecule has 19 heavy (non-hydrogen) atoms. The molecule has 0 aliphatic carbocycles. The molecule has 106 valence electrons. The highest BCUT2D eigenvalue weighted by Crippen LogP contribution is 2.38. The molecule has 3 heteroatoms. The molecular formula is C16H24FNO. The Hall–Kier alpha value is -1.09. The number of nitrogens with zero attached hydrogens (tertiary/aromatic N) is 1. The molecule has 0 saturated carbocycles. The molecule has 0 aromatic heterocycles. The van der Waals surface area contributed by atoms with Crippen LogP contribution in [0, 0.1) is 17.2 Å². The second-order valence-corrected chi connectivity index (χ2v) is 6.65. The van der Waals surface area contributed by atoms with Gasteiger partial charge < -0.3 is 10.0 Å². The lowest BCUT2D eigenvalue weighted by atomic mass is 9.80. The Bertz CT molecular complexity index is 451. The second-order valence-electron chi connectivity index (χ2n) is 6.65. The van der Waals surface area contributed by atoms with E-state index in [1.807, 2.05) is 6.07 Å². The maximum atomic E-state index is 14.1. The zero-order valence-electron chi connectivity index (χ0n) is 12.3. The van der Waals surface area contributed by atoms with Gasteiger partial charge in [-0.3, -0.25) is 0 Å². The maximum Gasteiger partial charge on any atom is 0.146 e. The molecule has 1 unspecified atom stereocenters. The molecule has 0 radical (unpaired) electrons. The number of para-hydroxylation sites is 1. The van der Waals surface area contributed by atoms with Crippen LogP contribution >= 0.6 is 0 Å². The predicted molar refractivity (Wildman–Crippen MR) is 76.8 cm³/mol. The summed E-state index contributed by atoms with van der Waals surface area (Å²) in [7, 11) is 0. The number of rotatable bonds is 2.